The number of aliphatic hydroxyl groups is 1. The minimum Gasteiger partial charge on any atom is -0.394 e. The van der Waals surface area contributed by atoms with E-state index in [9.17, 15) is 4.57 Å². The standard InChI is InChI=1S/C10H18NO6P/c1-2-15-18(13,16-6-3-5-11)17-9-4-7-14-10(9)8-12/h9-10,12H,2-4,6-8H2,1H3/t9-,10+,18?/m0/s1. The summed E-state index contributed by atoms with van der Waals surface area (Å²) in [5.74, 6) is 0. The highest BCUT2D eigenvalue weighted by molar-refractivity contribution is 7.48. The monoisotopic (exact) mass is 279 g/mol. The van der Waals surface area contributed by atoms with Gasteiger partial charge in [-0.15, -0.1) is 0 Å². The summed E-state index contributed by atoms with van der Waals surface area (Å²) in [4.78, 5) is 0. The number of phosphoric ester groups is 1. The SMILES string of the molecule is CCOP(=O)(OCCC#N)O[C@H]1CCO[C@@H]1CO. The van der Waals surface area contributed by atoms with Gasteiger partial charge in [-0.25, -0.2) is 4.57 Å². The molecule has 1 N–H and O–H groups in total. The van der Waals surface area contributed by atoms with Crippen LogP contribution in [0.1, 0.15) is 19.8 Å². The Morgan fingerprint density at radius 3 is 2.94 bits per heavy atom. The lowest BCUT2D eigenvalue weighted by Gasteiger charge is -2.22. The maximum absolute atomic E-state index is 12.2. The average molecular weight is 279 g/mol. The summed E-state index contributed by atoms with van der Waals surface area (Å²) in [5, 5.41) is 17.5. The van der Waals surface area contributed by atoms with Gasteiger partial charge in [0.25, 0.3) is 0 Å². The summed E-state index contributed by atoms with van der Waals surface area (Å²) in [7, 11) is -3.69. The number of ether oxygens (including phenoxy) is 1. The number of nitrogens with zero attached hydrogens (tertiary/aromatic N) is 1. The number of phosphoric acid groups is 1. The predicted octanol–water partition coefficient (Wildman–Crippen LogP) is 1.23. The molecule has 3 atom stereocenters. The molecule has 0 aliphatic carbocycles. The molecular formula is C10H18NO6P. The molecule has 1 unspecified atom stereocenters. The minimum absolute atomic E-state index is 0.0227. The highest BCUT2D eigenvalue weighted by Crippen LogP contribution is 2.51. The molecule has 0 aromatic carbocycles. The molecule has 0 aromatic heterocycles. The second-order valence-electron chi connectivity index (χ2n) is 3.63. The molecule has 1 saturated heterocycles. The van der Waals surface area contributed by atoms with Crippen LogP contribution in [0.25, 0.3) is 0 Å². The van der Waals surface area contributed by atoms with Gasteiger partial charge in [0.15, 0.2) is 0 Å². The second kappa shape index (κ2) is 7.85. The van der Waals surface area contributed by atoms with E-state index in [2.05, 4.69) is 0 Å². The van der Waals surface area contributed by atoms with Crippen LogP contribution in [0.5, 0.6) is 0 Å². The summed E-state index contributed by atoms with van der Waals surface area (Å²) in [6.07, 6.45) is -0.414. The highest BCUT2D eigenvalue weighted by atomic mass is 31.2. The molecule has 1 aliphatic heterocycles. The van der Waals surface area contributed by atoms with Gasteiger partial charge in [-0.05, 0) is 6.92 Å². The van der Waals surface area contributed by atoms with Gasteiger partial charge in [-0.3, -0.25) is 13.6 Å². The van der Waals surface area contributed by atoms with Crippen molar-refractivity contribution < 1.29 is 28.0 Å². The van der Waals surface area contributed by atoms with E-state index in [0.717, 1.165) is 0 Å². The average Bonchev–Trinajstić information content (AvgIpc) is 2.76. The number of hydrogen-bond donors (Lipinski definition) is 1. The van der Waals surface area contributed by atoms with E-state index in [4.69, 9.17) is 28.7 Å². The number of nitriles is 1. The minimum atomic E-state index is -3.69. The van der Waals surface area contributed by atoms with Crippen LogP contribution in [0.15, 0.2) is 0 Å². The highest BCUT2D eigenvalue weighted by Gasteiger charge is 2.37. The first-order valence-corrected chi connectivity index (χ1v) is 7.28. The molecule has 0 amide bonds. The Morgan fingerprint density at radius 2 is 2.33 bits per heavy atom. The lowest BCUT2D eigenvalue weighted by atomic mass is 10.2. The van der Waals surface area contributed by atoms with Gasteiger partial charge < -0.3 is 9.84 Å². The zero-order valence-electron chi connectivity index (χ0n) is 10.3. The van der Waals surface area contributed by atoms with Crippen molar-refractivity contribution >= 4 is 7.82 Å². The molecule has 0 saturated carbocycles. The molecule has 1 fully saturated rings. The molecule has 18 heavy (non-hydrogen) atoms. The maximum atomic E-state index is 12.2. The van der Waals surface area contributed by atoms with Gasteiger partial charge in [-0.1, -0.05) is 0 Å². The van der Waals surface area contributed by atoms with Gasteiger partial charge in [0, 0.05) is 13.0 Å². The molecule has 0 spiro atoms. The molecule has 7 nitrogen and oxygen atoms in total. The van der Waals surface area contributed by atoms with E-state index in [1.54, 1.807) is 6.92 Å². The van der Waals surface area contributed by atoms with E-state index in [-0.39, 0.29) is 26.2 Å². The third-order valence-corrected chi connectivity index (χ3v) is 3.95. The largest absolute Gasteiger partial charge is 0.475 e. The van der Waals surface area contributed by atoms with Gasteiger partial charge in [0.1, 0.15) is 12.2 Å². The van der Waals surface area contributed by atoms with Gasteiger partial charge in [0.05, 0.1) is 32.3 Å². The summed E-state index contributed by atoms with van der Waals surface area (Å²) in [5.41, 5.74) is 0. The quantitative estimate of drug-likeness (QED) is 0.527. The van der Waals surface area contributed by atoms with E-state index in [1.165, 1.54) is 0 Å². The van der Waals surface area contributed by atoms with Crippen molar-refractivity contribution in [1.82, 2.24) is 0 Å². The van der Waals surface area contributed by atoms with Gasteiger partial charge in [0.2, 0.25) is 0 Å². The fraction of sp³-hybridized carbons (Fsp3) is 0.900. The molecule has 1 aliphatic rings. The van der Waals surface area contributed by atoms with Gasteiger partial charge in [-0.2, -0.15) is 5.26 Å². The van der Waals surface area contributed by atoms with E-state index in [1.807, 2.05) is 6.07 Å². The Labute approximate surface area is 106 Å². The zero-order valence-corrected chi connectivity index (χ0v) is 11.2. The molecule has 0 bridgehead atoms. The molecule has 104 valence electrons. The fourth-order valence-corrected chi connectivity index (χ4v) is 2.94. The topological polar surface area (TPSA) is 98.0 Å². The van der Waals surface area contributed by atoms with Crippen molar-refractivity contribution in [1.29, 1.82) is 5.26 Å². The van der Waals surface area contributed by atoms with Crippen LogP contribution in [-0.2, 0) is 22.9 Å². The Morgan fingerprint density at radius 1 is 1.56 bits per heavy atom. The normalized spacial score (nSPS) is 26.7. The summed E-state index contributed by atoms with van der Waals surface area (Å²) >= 11 is 0. The Hall–Kier alpha value is -0.480. The van der Waals surface area contributed by atoms with Crippen LogP contribution in [0.2, 0.25) is 0 Å². The molecule has 0 radical (unpaired) electrons. The molecule has 8 heteroatoms. The summed E-state index contributed by atoms with van der Waals surface area (Å²) < 4.78 is 32.7. The van der Waals surface area contributed by atoms with Crippen LogP contribution in [0, 0.1) is 11.3 Å². The lowest BCUT2D eigenvalue weighted by Crippen LogP contribution is -2.27. The van der Waals surface area contributed by atoms with Crippen LogP contribution >= 0.6 is 7.82 Å². The first kappa shape index (κ1) is 15.6. The van der Waals surface area contributed by atoms with Crippen molar-refractivity contribution in [3.8, 4) is 6.07 Å². The van der Waals surface area contributed by atoms with Crippen molar-refractivity contribution in [2.24, 2.45) is 0 Å². The first-order chi connectivity index (χ1) is 8.65. The van der Waals surface area contributed by atoms with Crippen molar-refractivity contribution in [2.75, 3.05) is 26.4 Å². The lowest BCUT2D eigenvalue weighted by molar-refractivity contribution is -0.00455. The molecule has 1 rings (SSSR count). The molecular weight excluding hydrogens is 261 g/mol. The Kier molecular flexibility index (Phi) is 6.79. The summed E-state index contributed by atoms with van der Waals surface area (Å²) in [6.45, 7) is 2.03. The van der Waals surface area contributed by atoms with Crippen molar-refractivity contribution in [3.63, 3.8) is 0 Å². The first-order valence-electron chi connectivity index (χ1n) is 5.82. The Bertz CT molecular complexity index is 331. The van der Waals surface area contributed by atoms with Crippen LogP contribution in [0.4, 0.5) is 0 Å². The van der Waals surface area contributed by atoms with E-state index in [0.29, 0.717) is 13.0 Å². The fourth-order valence-electron chi connectivity index (χ4n) is 1.54. The Balaban J connectivity index is 2.55. The summed E-state index contributed by atoms with van der Waals surface area (Å²) in [6, 6.07) is 1.87. The van der Waals surface area contributed by atoms with E-state index < -0.39 is 20.0 Å². The van der Waals surface area contributed by atoms with Crippen molar-refractivity contribution in [2.45, 2.75) is 32.0 Å². The third kappa shape index (κ3) is 4.65. The number of aliphatic hydroxyl groups excluding tert-OH is 1. The van der Waals surface area contributed by atoms with Gasteiger partial charge >= 0.3 is 7.82 Å². The molecule has 1 heterocycles. The number of hydrogen-bond acceptors (Lipinski definition) is 7. The third-order valence-electron chi connectivity index (χ3n) is 2.34. The smallest absolute Gasteiger partial charge is 0.394 e. The van der Waals surface area contributed by atoms with Crippen LogP contribution < -0.4 is 0 Å². The predicted molar refractivity (Wildman–Crippen MR) is 61.7 cm³/mol. The van der Waals surface area contributed by atoms with Crippen LogP contribution in [0.3, 0.4) is 0 Å². The van der Waals surface area contributed by atoms with Crippen molar-refractivity contribution in [3.05, 3.63) is 0 Å². The zero-order chi connectivity index (χ0) is 13.4. The second-order valence-corrected chi connectivity index (χ2v) is 5.25. The number of rotatable bonds is 8. The van der Waals surface area contributed by atoms with Crippen LogP contribution in [-0.4, -0.2) is 43.7 Å². The van der Waals surface area contributed by atoms with E-state index >= 15 is 0 Å². The molecule has 0 aromatic rings. The maximum Gasteiger partial charge on any atom is 0.475 e.